The number of carbonyl (C=O) groups excluding carboxylic acids is 2. The molecule has 0 fully saturated rings. The Balaban J connectivity index is 1.73. The Bertz CT molecular complexity index is 959. The number of carbonyl (C=O) groups is 2. The van der Waals surface area contributed by atoms with Crippen molar-refractivity contribution in [1.29, 1.82) is 0 Å². The number of ketones is 1. The molecule has 0 atom stereocenters. The number of aliphatic imine (C=N–C) groups is 1. The van der Waals surface area contributed by atoms with E-state index in [-0.39, 0.29) is 18.2 Å². The standard InChI is InChI=1S/C22H24N4O2/c1-14-4-3-5-18(15(14)2)19-10-11-20(27)22(26-19)25-17-8-6-16(7-9-17)12-24-13-21(23)28/h3-10,24H,11-13H2,1-2H3,(H2,23,28)(H,25,26). The van der Waals surface area contributed by atoms with Crippen molar-refractivity contribution in [2.45, 2.75) is 26.8 Å². The molecule has 1 amide bonds. The van der Waals surface area contributed by atoms with Crippen molar-refractivity contribution < 1.29 is 9.59 Å². The predicted octanol–water partition coefficient (Wildman–Crippen LogP) is 2.70. The Morgan fingerprint density at radius 1 is 1.14 bits per heavy atom. The highest BCUT2D eigenvalue weighted by Crippen LogP contribution is 2.26. The summed E-state index contributed by atoms with van der Waals surface area (Å²) in [5, 5.41) is 6.09. The van der Waals surface area contributed by atoms with Crippen LogP contribution >= 0.6 is 0 Å². The minimum absolute atomic E-state index is 0.0405. The van der Waals surface area contributed by atoms with Crippen molar-refractivity contribution in [3.8, 4) is 0 Å². The highest BCUT2D eigenvalue weighted by atomic mass is 16.1. The number of amidine groups is 1. The fraction of sp³-hybridized carbons (Fsp3) is 0.227. The first-order chi connectivity index (χ1) is 13.4. The van der Waals surface area contributed by atoms with E-state index in [1.165, 1.54) is 11.1 Å². The van der Waals surface area contributed by atoms with Gasteiger partial charge in [0.25, 0.3) is 0 Å². The van der Waals surface area contributed by atoms with Gasteiger partial charge in [0.05, 0.1) is 12.2 Å². The summed E-state index contributed by atoms with van der Waals surface area (Å²) in [4.78, 5) is 27.6. The van der Waals surface area contributed by atoms with E-state index in [2.05, 4.69) is 35.5 Å². The van der Waals surface area contributed by atoms with Crippen LogP contribution in [0.25, 0.3) is 5.70 Å². The van der Waals surface area contributed by atoms with Gasteiger partial charge >= 0.3 is 0 Å². The summed E-state index contributed by atoms with van der Waals surface area (Å²) in [6, 6.07) is 13.7. The zero-order chi connectivity index (χ0) is 20.1. The molecule has 0 unspecified atom stereocenters. The number of nitrogens with two attached hydrogens (primary N) is 1. The summed E-state index contributed by atoms with van der Waals surface area (Å²) < 4.78 is 0. The first kappa shape index (κ1) is 19.5. The largest absolute Gasteiger partial charge is 0.369 e. The number of aryl methyl sites for hydroxylation is 1. The van der Waals surface area contributed by atoms with E-state index >= 15 is 0 Å². The third kappa shape index (κ3) is 4.72. The van der Waals surface area contributed by atoms with E-state index < -0.39 is 0 Å². The number of hydrogen-bond acceptors (Lipinski definition) is 5. The van der Waals surface area contributed by atoms with Gasteiger partial charge in [-0.2, -0.15) is 0 Å². The van der Waals surface area contributed by atoms with E-state index in [0.29, 0.717) is 18.8 Å². The third-order valence-corrected chi connectivity index (χ3v) is 4.70. The quantitative estimate of drug-likeness (QED) is 0.722. The Morgan fingerprint density at radius 2 is 1.89 bits per heavy atom. The SMILES string of the molecule is Cc1cccc(C2=CCC(=O)C(Nc3ccc(CNCC(N)=O)cc3)=N2)c1C. The Labute approximate surface area is 164 Å². The van der Waals surface area contributed by atoms with E-state index in [1.807, 2.05) is 42.5 Å². The molecule has 0 spiro atoms. The number of amides is 1. The monoisotopic (exact) mass is 376 g/mol. The van der Waals surface area contributed by atoms with Gasteiger partial charge in [0, 0.05) is 24.2 Å². The maximum atomic E-state index is 12.3. The average molecular weight is 376 g/mol. The van der Waals surface area contributed by atoms with Gasteiger partial charge in [0.15, 0.2) is 5.84 Å². The second-order valence-electron chi connectivity index (χ2n) is 6.82. The normalized spacial score (nSPS) is 13.7. The first-order valence-corrected chi connectivity index (χ1v) is 9.17. The number of nitrogens with zero attached hydrogens (tertiary/aromatic N) is 1. The van der Waals surface area contributed by atoms with E-state index in [1.54, 1.807) is 0 Å². The van der Waals surface area contributed by atoms with E-state index in [9.17, 15) is 9.59 Å². The fourth-order valence-electron chi connectivity index (χ4n) is 2.98. The molecule has 3 rings (SSSR count). The number of primary amides is 1. The van der Waals surface area contributed by atoms with Crippen LogP contribution in [-0.2, 0) is 16.1 Å². The van der Waals surface area contributed by atoms with Gasteiger partial charge in [-0.25, -0.2) is 4.99 Å². The molecule has 0 saturated heterocycles. The topological polar surface area (TPSA) is 96.6 Å². The van der Waals surface area contributed by atoms with Gasteiger partial charge in [-0.1, -0.05) is 36.4 Å². The van der Waals surface area contributed by atoms with E-state index in [4.69, 9.17) is 5.73 Å². The van der Waals surface area contributed by atoms with Gasteiger partial charge < -0.3 is 16.4 Å². The maximum absolute atomic E-state index is 12.3. The first-order valence-electron chi connectivity index (χ1n) is 9.17. The second-order valence-corrected chi connectivity index (χ2v) is 6.82. The van der Waals surface area contributed by atoms with Gasteiger partial charge in [-0.3, -0.25) is 9.59 Å². The zero-order valence-electron chi connectivity index (χ0n) is 16.1. The van der Waals surface area contributed by atoms with Crippen molar-refractivity contribution in [1.82, 2.24) is 5.32 Å². The van der Waals surface area contributed by atoms with Gasteiger partial charge in [0.2, 0.25) is 11.7 Å². The van der Waals surface area contributed by atoms with Gasteiger partial charge in [-0.15, -0.1) is 0 Å². The number of rotatable bonds is 6. The Kier molecular flexibility index (Phi) is 6.01. The molecule has 0 radical (unpaired) electrons. The number of benzene rings is 2. The van der Waals surface area contributed by atoms with Crippen molar-refractivity contribution >= 4 is 28.9 Å². The smallest absolute Gasteiger partial charge is 0.231 e. The van der Waals surface area contributed by atoms with Gasteiger partial charge in [-0.05, 0) is 42.7 Å². The molecular weight excluding hydrogens is 352 g/mol. The summed E-state index contributed by atoms with van der Waals surface area (Å²) >= 11 is 0. The molecule has 1 aliphatic rings. The van der Waals surface area contributed by atoms with Crippen LogP contribution in [0.1, 0.15) is 28.7 Å². The van der Waals surface area contributed by atoms with Crippen LogP contribution in [0.5, 0.6) is 0 Å². The molecule has 0 aromatic heterocycles. The second kappa shape index (κ2) is 8.63. The molecule has 2 aromatic rings. The number of Topliss-reactive ketones (excluding diaryl/α,β-unsaturated/α-hetero) is 1. The van der Waals surface area contributed by atoms with Crippen molar-refractivity contribution in [2.75, 3.05) is 11.9 Å². The van der Waals surface area contributed by atoms with Crippen LogP contribution in [0.2, 0.25) is 0 Å². The van der Waals surface area contributed by atoms with E-state index in [0.717, 1.165) is 22.5 Å². The van der Waals surface area contributed by atoms with Crippen molar-refractivity contribution in [3.63, 3.8) is 0 Å². The fourth-order valence-corrected chi connectivity index (χ4v) is 2.98. The molecule has 1 aliphatic heterocycles. The predicted molar refractivity (Wildman–Crippen MR) is 112 cm³/mol. The number of hydrogen-bond donors (Lipinski definition) is 3. The third-order valence-electron chi connectivity index (χ3n) is 4.70. The van der Waals surface area contributed by atoms with Crippen LogP contribution in [0, 0.1) is 13.8 Å². The average Bonchev–Trinajstić information content (AvgIpc) is 2.67. The van der Waals surface area contributed by atoms with Crippen molar-refractivity contribution in [2.24, 2.45) is 10.7 Å². The molecule has 1 heterocycles. The molecule has 28 heavy (non-hydrogen) atoms. The summed E-state index contributed by atoms with van der Waals surface area (Å²) in [7, 11) is 0. The lowest BCUT2D eigenvalue weighted by molar-refractivity contribution is -0.117. The summed E-state index contributed by atoms with van der Waals surface area (Å²) in [6.45, 7) is 4.81. The van der Waals surface area contributed by atoms with Crippen LogP contribution in [0.15, 0.2) is 53.5 Å². The molecule has 6 heteroatoms. The van der Waals surface area contributed by atoms with Crippen molar-refractivity contribution in [3.05, 3.63) is 70.8 Å². The molecule has 6 nitrogen and oxygen atoms in total. The van der Waals surface area contributed by atoms with Crippen LogP contribution in [0.3, 0.4) is 0 Å². The van der Waals surface area contributed by atoms with Crippen LogP contribution in [0.4, 0.5) is 5.69 Å². The number of nitrogens with one attached hydrogen (secondary N) is 2. The minimum atomic E-state index is -0.389. The zero-order valence-corrected chi connectivity index (χ0v) is 16.1. The molecule has 144 valence electrons. The van der Waals surface area contributed by atoms with Crippen LogP contribution < -0.4 is 16.4 Å². The lowest BCUT2D eigenvalue weighted by atomic mass is 9.99. The summed E-state index contributed by atoms with van der Waals surface area (Å²) in [5.74, 6) is -0.0842. The Morgan fingerprint density at radius 3 is 2.61 bits per heavy atom. The molecular formula is C22H24N4O2. The lowest BCUT2D eigenvalue weighted by Crippen LogP contribution is -2.28. The highest BCUT2D eigenvalue weighted by Gasteiger charge is 2.18. The molecule has 0 saturated carbocycles. The lowest BCUT2D eigenvalue weighted by Gasteiger charge is -2.16. The molecule has 0 bridgehead atoms. The molecule has 4 N–H and O–H groups in total. The number of allylic oxidation sites excluding steroid dienone is 1. The maximum Gasteiger partial charge on any atom is 0.231 e. The highest BCUT2D eigenvalue weighted by molar-refractivity contribution is 6.45. The number of anilines is 1. The molecule has 0 aliphatic carbocycles. The summed E-state index contributed by atoms with van der Waals surface area (Å²) in [6.07, 6.45) is 2.20. The summed E-state index contributed by atoms with van der Waals surface area (Å²) in [5.41, 5.74) is 11.1. The minimum Gasteiger partial charge on any atom is -0.369 e. The molecule has 2 aromatic carbocycles. The Hall–Kier alpha value is -3.25. The van der Waals surface area contributed by atoms with Gasteiger partial charge in [0.1, 0.15) is 0 Å². The van der Waals surface area contributed by atoms with Crippen LogP contribution in [-0.4, -0.2) is 24.1 Å².